The third-order valence-corrected chi connectivity index (χ3v) is 4.53. The summed E-state index contributed by atoms with van der Waals surface area (Å²) < 4.78 is 6.79. The molecule has 3 nitrogen and oxygen atoms in total. The summed E-state index contributed by atoms with van der Waals surface area (Å²) in [5.74, 6) is 1.10. The second-order valence-electron chi connectivity index (χ2n) is 5.70. The van der Waals surface area contributed by atoms with E-state index in [0.29, 0.717) is 11.7 Å². The molecule has 0 spiro atoms. The Bertz CT molecular complexity index is 662. The normalized spacial score (nSPS) is 19.6. The van der Waals surface area contributed by atoms with Gasteiger partial charge in [0.15, 0.2) is 5.76 Å². The van der Waals surface area contributed by atoms with Gasteiger partial charge in [0.1, 0.15) is 5.58 Å². The third kappa shape index (κ3) is 2.37. The Kier molecular flexibility index (Phi) is 3.59. The Morgan fingerprint density at radius 3 is 3.00 bits per heavy atom. The van der Waals surface area contributed by atoms with Crippen LogP contribution in [0.25, 0.3) is 11.0 Å². The van der Waals surface area contributed by atoms with Gasteiger partial charge in [-0.15, -0.1) is 0 Å². The highest BCUT2D eigenvalue weighted by atomic mass is 79.9. The Morgan fingerprint density at radius 2 is 2.25 bits per heavy atom. The molecule has 0 N–H and O–H groups in total. The van der Waals surface area contributed by atoms with Gasteiger partial charge in [0.05, 0.1) is 0 Å². The average Bonchev–Trinajstić information content (AvgIpc) is 2.75. The highest BCUT2D eigenvalue weighted by molar-refractivity contribution is 9.10. The smallest absolute Gasteiger partial charge is 0.289 e. The van der Waals surface area contributed by atoms with Crippen LogP contribution in [-0.2, 0) is 0 Å². The van der Waals surface area contributed by atoms with Crippen molar-refractivity contribution in [2.24, 2.45) is 5.92 Å². The van der Waals surface area contributed by atoms with Crippen LogP contribution in [0.2, 0.25) is 0 Å². The molecule has 0 radical (unpaired) electrons. The first-order valence-electron chi connectivity index (χ1n) is 7.04. The second kappa shape index (κ2) is 5.24. The zero-order valence-corrected chi connectivity index (χ0v) is 13.4. The summed E-state index contributed by atoms with van der Waals surface area (Å²) in [6.07, 6.45) is 2.29. The Morgan fingerprint density at radius 1 is 1.45 bits per heavy atom. The molecule has 1 amide bonds. The molecular formula is C16H18BrNO2. The number of amides is 1. The number of fused-ring (bicyclic) bond motifs is 1. The molecule has 2 aromatic rings. The van der Waals surface area contributed by atoms with Crippen molar-refractivity contribution in [1.82, 2.24) is 4.90 Å². The van der Waals surface area contributed by atoms with E-state index in [4.69, 9.17) is 4.42 Å². The van der Waals surface area contributed by atoms with Crippen molar-refractivity contribution in [2.75, 3.05) is 13.1 Å². The van der Waals surface area contributed by atoms with E-state index in [-0.39, 0.29) is 5.91 Å². The van der Waals surface area contributed by atoms with Crippen LogP contribution in [0, 0.1) is 12.8 Å². The number of piperidine rings is 1. The first-order chi connectivity index (χ1) is 9.56. The lowest BCUT2D eigenvalue weighted by Crippen LogP contribution is -2.39. The highest BCUT2D eigenvalue weighted by Gasteiger charge is 2.26. The predicted molar refractivity (Wildman–Crippen MR) is 83.0 cm³/mol. The zero-order valence-electron chi connectivity index (χ0n) is 11.8. The van der Waals surface area contributed by atoms with Crippen LogP contribution in [-0.4, -0.2) is 23.9 Å². The van der Waals surface area contributed by atoms with Crippen LogP contribution in [0.15, 0.2) is 27.1 Å². The number of hydrogen-bond acceptors (Lipinski definition) is 2. The quantitative estimate of drug-likeness (QED) is 0.774. The van der Waals surface area contributed by atoms with Gasteiger partial charge in [-0.2, -0.15) is 0 Å². The van der Waals surface area contributed by atoms with E-state index in [0.717, 1.165) is 40.5 Å². The third-order valence-electron chi connectivity index (χ3n) is 4.04. The largest absolute Gasteiger partial charge is 0.451 e. The molecule has 0 aliphatic carbocycles. The van der Waals surface area contributed by atoms with Gasteiger partial charge in [0.2, 0.25) is 0 Å². The van der Waals surface area contributed by atoms with Crippen LogP contribution >= 0.6 is 15.9 Å². The molecule has 0 bridgehead atoms. The van der Waals surface area contributed by atoms with Crippen LogP contribution in [0.5, 0.6) is 0 Å². The van der Waals surface area contributed by atoms with Crippen molar-refractivity contribution >= 4 is 32.8 Å². The average molecular weight is 336 g/mol. The number of carbonyl (C=O) groups excluding carboxylic acids is 1. The van der Waals surface area contributed by atoms with E-state index in [9.17, 15) is 4.79 Å². The molecule has 2 heterocycles. The first-order valence-corrected chi connectivity index (χ1v) is 7.83. The monoisotopic (exact) mass is 335 g/mol. The standard InChI is InChI=1S/C16H18BrNO2/c1-10-4-3-7-18(9-10)16(19)15-11(2)13-8-12(17)5-6-14(13)20-15/h5-6,8,10H,3-4,7,9H2,1-2H3. The molecule has 20 heavy (non-hydrogen) atoms. The molecule has 1 aromatic heterocycles. The number of hydrogen-bond donors (Lipinski definition) is 0. The maximum absolute atomic E-state index is 12.6. The van der Waals surface area contributed by atoms with Crippen molar-refractivity contribution in [1.29, 1.82) is 0 Å². The predicted octanol–water partition coefficient (Wildman–Crippen LogP) is 4.38. The fraction of sp³-hybridized carbons (Fsp3) is 0.438. The SMILES string of the molecule is Cc1c(C(=O)N2CCCC(C)C2)oc2ccc(Br)cc12. The summed E-state index contributed by atoms with van der Waals surface area (Å²) in [7, 11) is 0. The minimum atomic E-state index is 0.0290. The number of benzene rings is 1. The molecule has 1 unspecified atom stereocenters. The number of carbonyl (C=O) groups is 1. The topological polar surface area (TPSA) is 33.5 Å². The molecule has 1 aliphatic heterocycles. The van der Waals surface area contributed by atoms with E-state index < -0.39 is 0 Å². The first kappa shape index (κ1) is 13.7. The molecule has 1 fully saturated rings. The maximum atomic E-state index is 12.6. The van der Waals surface area contributed by atoms with Gasteiger partial charge in [0.25, 0.3) is 5.91 Å². The van der Waals surface area contributed by atoms with Gasteiger partial charge in [-0.05, 0) is 43.9 Å². The summed E-state index contributed by atoms with van der Waals surface area (Å²) in [4.78, 5) is 14.6. The fourth-order valence-corrected chi connectivity index (χ4v) is 3.28. The van der Waals surface area contributed by atoms with Crippen molar-refractivity contribution in [3.63, 3.8) is 0 Å². The van der Waals surface area contributed by atoms with E-state index in [1.54, 1.807) is 0 Å². The Labute approximate surface area is 127 Å². The van der Waals surface area contributed by atoms with Crippen molar-refractivity contribution < 1.29 is 9.21 Å². The van der Waals surface area contributed by atoms with E-state index in [1.165, 1.54) is 6.42 Å². The summed E-state index contributed by atoms with van der Waals surface area (Å²) in [6.45, 7) is 5.82. The molecule has 1 atom stereocenters. The summed E-state index contributed by atoms with van der Waals surface area (Å²) >= 11 is 3.46. The van der Waals surface area contributed by atoms with Crippen molar-refractivity contribution in [2.45, 2.75) is 26.7 Å². The Hall–Kier alpha value is -1.29. The molecule has 4 heteroatoms. The minimum Gasteiger partial charge on any atom is -0.451 e. The van der Waals surface area contributed by atoms with Gasteiger partial charge >= 0.3 is 0 Å². The molecule has 1 aliphatic rings. The second-order valence-corrected chi connectivity index (χ2v) is 6.61. The van der Waals surface area contributed by atoms with E-state index >= 15 is 0 Å². The number of aryl methyl sites for hydroxylation is 1. The van der Waals surface area contributed by atoms with Crippen LogP contribution < -0.4 is 0 Å². The number of rotatable bonds is 1. The lowest BCUT2D eigenvalue weighted by molar-refractivity contribution is 0.0652. The van der Waals surface area contributed by atoms with Crippen LogP contribution in [0.3, 0.4) is 0 Å². The minimum absolute atomic E-state index is 0.0290. The maximum Gasteiger partial charge on any atom is 0.289 e. The lowest BCUT2D eigenvalue weighted by atomic mass is 10.00. The number of likely N-dealkylation sites (tertiary alicyclic amines) is 1. The molecule has 1 aromatic carbocycles. The molecule has 106 valence electrons. The Balaban J connectivity index is 1.97. The van der Waals surface area contributed by atoms with Crippen LogP contribution in [0.1, 0.15) is 35.9 Å². The van der Waals surface area contributed by atoms with Crippen LogP contribution in [0.4, 0.5) is 0 Å². The highest BCUT2D eigenvalue weighted by Crippen LogP contribution is 2.29. The zero-order chi connectivity index (χ0) is 14.3. The molecule has 3 rings (SSSR count). The fourth-order valence-electron chi connectivity index (χ4n) is 2.91. The van der Waals surface area contributed by atoms with Crippen molar-refractivity contribution in [3.05, 3.63) is 34.0 Å². The summed E-state index contributed by atoms with van der Waals surface area (Å²) in [5, 5.41) is 1.01. The van der Waals surface area contributed by atoms with Gasteiger partial charge in [-0.3, -0.25) is 4.79 Å². The van der Waals surface area contributed by atoms with Gasteiger partial charge in [-0.25, -0.2) is 0 Å². The van der Waals surface area contributed by atoms with Gasteiger partial charge in [-0.1, -0.05) is 22.9 Å². The number of furan rings is 1. The molecule has 0 saturated carbocycles. The van der Waals surface area contributed by atoms with E-state index in [1.807, 2.05) is 30.0 Å². The number of halogens is 1. The summed E-state index contributed by atoms with van der Waals surface area (Å²) in [6, 6.07) is 5.84. The molecular weight excluding hydrogens is 318 g/mol. The molecule has 1 saturated heterocycles. The summed E-state index contributed by atoms with van der Waals surface area (Å²) in [5.41, 5.74) is 1.71. The van der Waals surface area contributed by atoms with Crippen molar-refractivity contribution in [3.8, 4) is 0 Å². The lowest BCUT2D eigenvalue weighted by Gasteiger charge is -2.30. The van der Waals surface area contributed by atoms with Gasteiger partial charge < -0.3 is 9.32 Å². The van der Waals surface area contributed by atoms with Gasteiger partial charge in [0, 0.05) is 28.5 Å². The number of nitrogens with zero attached hydrogens (tertiary/aromatic N) is 1. The van der Waals surface area contributed by atoms with E-state index in [2.05, 4.69) is 22.9 Å².